The standard InChI is InChI=1S/C15H15BrN4/c1-10-11(2)18-19-15(13(10)8-17)20(3)9-12-6-4-5-7-14(12)16/h4-7H,9H2,1-3H3. The van der Waals surface area contributed by atoms with Crippen LogP contribution in [-0.2, 0) is 6.54 Å². The third-order valence-electron chi connectivity index (χ3n) is 3.27. The summed E-state index contributed by atoms with van der Waals surface area (Å²) in [5.41, 5.74) is 3.40. The zero-order valence-corrected chi connectivity index (χ0v) is 13.3. The van der Waals surface area contributed by atoms with Crippen LogP contribution in [0.4, 0.5) is 5.82 Å². The molecule has 0 aliphatic rings. The van der Waals surface area contributed by atoms with Gasteiger partial charge in [0.2, 0.25) is 0 Å². The fraction of sp³-hybridized carbons (Fsp3) is 0.267. The van der Waals surface area contributed by atoms with Gasteiger partial charge in [-0.2, -0.15) is 10.4 Å². The molecular weight excluding hydrogens is 316 g/mol. The summed E-state index contributed by atoms with van der Waals surface area (Å²) in [5, 5.41) is 17.6. The van der Waals surface area contributed by atoms with Gasteiger partial charge in [-0.05, 0) is 31.0 Å². The molecule has 0 N–H and O–H groups in total. The van der Waals surface area contributed by atoms with Crippen LogP contribution in [0.15, 0.2) is 28.7 Å². The van der Waals surface area contributed by atoms with Gasteiger partial charge in [-0.15, -0.1) is 5.10 Å². The van der Waals surface area contributed by atoms with Crippen molar-refractivity contribution in [1.29, 1.82) is 5.26 Å². The van der Waals surface area contributed by atoms with Crippen molar-refractivity contribution in [2.75, 3.05) is 11.9 Å². The molecule has 4 nitrogen and oxygen atoms in total. The molecule has 0 unspecified atom stereocenters. The predicted molar refractivity (Wildman–Crippen MR) is 82.5 cm³/mol. The molecule has 2 rings (SSSR count). The maximum atomic E-state index is 9.34. The van der Waals surface area contributed by atoms with Crippen molar-refractivity contribution < 1.29 is 0 Å². The molecule has 0 bridgehead atoms. The van der Waals surface area contributed by atoms with Crippen molar-refractivity contribution in [1.82, 2.24) is 10.2 Å². The van der Waals surface area contributed by atoms with E-state index in [1.54, 1.807) is 0 Å². The van der Waals surface area contributed by atoms with Crippen LogP contribution < -0.4 is 4.90 Å². The number of aromatic nitrogens is 2. The van der Waals surface area contributed by atoms with Gasteiger partial charge in [-0.3, -0.25) is 0 Å². The van der Waals surface area contributed by atoms with Crippen LogP contribution in [0.2, 0.25) is 0 Å². The minimum atomic E-state index is 0.590. The summed E-state index contributed by atoms with van der Waals surface area (Å²) < 4.78 is 1.04. The lowest BCUT2D eigenvalue weighted by atomic mass is 10.1. The second-order valence-electron chi connectivity index (χ2n) is 4.67. The van der Waals surface area contributed by atoms with Crippen molar-refractivity contribution in [3.05, 3.63) is 51.1 Å². The number of nitrogens with zero attached hydrogens (tertiary/aromatic N) is 4. The van der Waals surface area contributed by atoms with Gasteiger partial charge in [0.25, 0.3) is 0 Å². The highest BCUT2D eigenvalue weighted by molar-refractivity contribution is 9.10. The average molecular weight is 331 g/mol. The van der Waals surface area contributed by atoms with Gasteiger partial charge < -0.3 is 4.90 Å². The topological polar surface area (TPSA) is 52.8 Å². The molecule has 2 aromatic rings. The molecule has 0 amide bonds. The summed E-state index contributed by atoms with van der Waals surface area (Å²) in [4.78, 5) is 1.94. The Morgan fingerprint density at radius 2 is 1.95 bits per heavy atom. The Morgan fingerprint density at radius 3 is 2.60 bits per heavy atom. The molecule has 0 radical (unpaired) electrons. The van der Waals surface area contributed by atoms with Crippen molar-refractivity contribution >= 4 is 21.7 Å². The molecule has 20 heavy (non-hydrogen) atoms. The molecule has 1 aromatic heterocycles. The van der Waals surface area contributed by atoms with Crippen LogP contribution in [0.25, 0.3) is 0 Å². The molecule has 0 spiro atoms. The van der Waals surface area contributed by atoms with Crippen molar-refractivity contribution in [2.45, 2.75) is 20.4 Å². The SMILES string of the molecule is Cc1nnc(N(C)Cc2ccccc2Br)c(C#N)c1C. The monoisotopic (exact) mass is 330 g/mol. The summed E-state index contributed by atoms with van der Waals surface area (Å²) in [6.07, 6.45) is 0. The molecule has 0 fully saturated rings. The number of hydrogen-bond donors (Lipinski definition) is 0. The van der Waals surface area contributed by atoms with Crippen LogP contribution in [0.5, 0.6) is 0 Å². The second-order valence-corrected chi connectivity index (χ2v) is 5.52. The Bertz CT molecular complexity index is 676. The first-order valence-corrected chi connectivity index (χ1v) is 7.02. The Kier molecular flexibility index (Phi) is 4.35. The molecule has 1 heterocycles. The summed E-state index contributed by atoms with van der Waals surface area (Å²) in [6, 6.07) is 10.2. The van der Waals surface area contributed by atoms with Gasteiger partial charge in [-0.1, -0.05) is 34.1 Å². The maximum Gasteiger partial charge on any atom is 0.169 e. The first kappa shape index (κ1) is 14.5. The van der Waals surface area contributed by atoms with Crippen LogP contribution >= 0.6 is 15.9 Å². The lowest BCUT2D eigenvalue weighted by Gasteiger charge is -2.20. The summed E-state index contributed by atoms with van der Waals surface area (Å²) in [5.74, 6) is 0.617. The Labute approximate surface area is 127 Å². The Balaban J connectivity index is 2.36. The lowest BCUT2D eigenvalue weighted by molar-refractivity contribution is 0.844. The van der Waals surface area contributed by atoms with Crippen LogP contribution in [-0.4, -0.2) is 17.2 Å². The van der Waals surface area contributed by atoms with Crippen LogP contribution in [0.1, 0.15) is 22.4 Å². The van der Waals surface area contributed by atoms with E-state index in [0.717, 1.165) is 21.3 Å². The van der Waals surface area contributed by atoms with E-state index >= 15 is 0 Å². The molecule has 0 saturated carbocycles. The lowest BCUT2D eigenvalue weighted by Crippen LogP contribution is -2.20. The summed E-state index contributed by atoms with van der Waals surface area (Å²) in [6.45, 7) is 4.42. The highest BCUT2D eigenvalue weighted by atomic mass is 79.9. The molecule has 5 heteroatoms. The van der Waals surface area contributed by atoms with Gasteiger partial charge in [0, 0.05) is 18.1 Å². The van der Waals surface area contributed by atoms with Crippen molar-refractivity contribution in [3.8, 4) is 6.07 Å². The van der Waals surface area contributed by atoms with Crippen molar-refractivity contribution in [2.24, 2.45) is 0 Å². The fourth-order valence-corrected chi connectivity index (χ4v) is 2.36. The molecule has 0 aliphatic carbocycles. The van der Waals surface area contributed by atoms with E-state index in [4.69, 9.17) is 0 Å². The molecular formula is C15H15BrN4. The zero-order chi connectivity index (χ0) is 14.7. The van der Waals surface area contributed by atoms with Crippen LogP contribution in [0, 0.1) is 25.2 Å². The van der Waals surface area contributed by atoms with Gasteiger partial charge >= 0.3 is 0 Å². The number of nitriles is 1. The third-order valence-corrected chi connectivity index (χ3v) is 4.05. The Morgan fingerprint density at radius 1 is 1.25 bits per heavy atom. The molecule has 0 saturated heterocycles. The minimum absolute atomic E-state index is 0.590. The van der Waals surface area contributed by atoms with E-state index in [-0.39, 0.29) is 0 Å². The smallest absolute Gasteiger partial charge is 0.169 e. The van der Waals surface area contributed by atoms with E-state index < -0.39 is 0 Å². The highest BCUT2D eigenvalue weighted by Gasteiger charge is 2.15. The van der Waals surface area contributed by atoms with Gasteiger partial charge in [-0.25, -0.2) is 0 Å². The Hall–Kier alpha value is -1.93. The molecule has 1 aromatic carbocycles. The molecule has 0 aliphatic heterocycles. The number of rotatable bonds is 3. The van der Waals surface area contributed by atoms with Crippen molar-refractivity contribution in [3.63, 3.8) is 0 Å². The second kappa shape index (κ2) is 6.02. The number of halogens is 1. The third kappa shape index (κ3) is 2.81. The van der Waals surface area contributed by atoms with E-state index in [2.05, 4.69) is 32.2 Å². The summed E-state index contributed by atoms with van der Waals surface area (Å²) in [7, 11) is 1.92. The first-order chi connectivity index (χ1) is 9.54. The van der Waals surface area contributed by atoms with Crippen LogP contribution in [0.3, 0.4) is 0 Å². The fourth-order valence-electron chi connectivity index (χ4n) is 1.95. The average Bonchev–Trinajstić information content (AvgIpc) is 2.44. The predicted octanol–water partition coefficient (Wildman–Crippen LogP) is 3.36. The van der Waals surface area contributed by atoms with Gasteiger partial charge in [0.1, 0.15) is 11.6 Å². The minimum Gasteiger partial charge on any atom is -0.353 e. The normalized spacial score (nSPS) is 10.2. The van der Waals surface area contributed by atoms with E-state index in [1.165, 1.54) is 0 Å². The first-order valence-electron chi connectivity index (χ1n) is 6.23. The highest BCUT2D eigenvalue weighted by Crippen LogP contribution is 2.24. The quantitative estimate of drug-likeness (QED) is 0.865. The number of hydrogen-bond acceptors (Lipinski definition) is 4. The number of anilines is 1. The van der Waals surface area contributed by atoms with E-state index in [9.17, 15) is 5.26 Å². The number of benzene rings is 1. The van der Waals surface area contributed by atoms with E-state index in [0.29, 0.717) is 17.9 Å². The maximum absolute atomic E-state index is 9.34. The molecule has 102 valence electrons. The van der Waals surface area contributed by atoms with Gasteiger partial charge in [0.05, 0.1) is 5.69 Å². The zero-order valence-electron chi connectivity index (χ0n) is 11.7. The van der Waals surface area contributed by atoms with Gasteiger partial charge in [0.15, 0.2) is 5.82 Å². The summed E-state index contributed by atoms with van der Waals surface area (Å²) >= 11 is 3.53. The largest absolute Gasteiger partial charge is 0.353 e. The van der Waals surface area contributed by atoms with E-state index in [1.807, 2.05) is 50.1 Å². The number of aryl methyl sites for hydroxylation is 1. The molecule has 0 atom stereocenters.